The lowest BCUT2D eigenvalue weighted by Crippen LogP contribution is -2.32. The number of carboxylic acid groups (broad SMARTS) is 1. The van der Waals surface area contributed by atoms with E-state index in [0.717, 1.165) is 4.90 Å². The first-order chi connectivity index (χ1) is 12.0. The predicted molar refractivity (Wildman–Crippen MR) is 88.5 cm³/mol. The van der Waals surface area contributed by atoms with E-state index in [9.17, 15) is 19.2 Å². The topological polar surface area (TPSA) is 104 Å². The third-order valence-electron chi connectivity index (χ3n) is 3.83. The molecular formula is C18H14N2O5. The summed E-state index contributed by atoms with van der Waals surface area (Å²) in [4.78, 5) is 48.4. The van der Waals surface area contributed by atoms with Gasteiger partial charge in [-0.3, -0.25) is 19.3 Å². The Morgan fingerprint density at radius 2 is 1.60 bits per heavy atom. The van der Waals surface area contributed by atoms with Gasteiger partial charge in [0.25, 0.3) is 11.8 Å². The molecule has 0 aliphatic carbocycles. The molecule has 1 heterocycles. The van der Waals surface area contributed by atoms with Crippen molar-refractivity contribution in [3.8, 4) is 0 Å². The number of fused-ring (bicyclic) bond motifs is 1. The largest absolute Gasteiger partial charge is 0.478 e. The first-order valence-corrected chi connectivity index (χ1v) is 7.56. The van der Waals surface area contributed by atoms with E-state index < -0.39 is 23.7 Å². The highest BCUT2D eigenvalue weighted by Gasteiger charge is 2.34. The fraction of sp³-hybridized carbons (Fsp3) is 0.111. The molecule has 0 spiro atoms. The Morgan fingerprint density at radius 3 is 2.20 bits per heavy atom. The van der Waals surface area contributed by atoms with Crippen LogP contribution in [0.1, 0.15) is 37.5 Å². The Balaban J connectivity index is 1.62. The number of nitrogens with zero attached hydrogens (tertiary/aromatic N) is 1. The molecule has 7 heteroatoms. The van der Waals surface area contributed by atoms with Gasteiger partial charge in [0.2, 0.25) is 5.91 Å². The van der Waals surface area contributed by atoms with Crippen molar-refractivity contribution in [2.75, 3.05) is 11.9 Å². The van der Waals surface area contributed by atoms with Crippen LogP contribution in [0.2, 0.25) is 0 Å². The molecule has 0 bridgehead atoms. The maximum Gasteiger partial charge on any atom is 0.335 e. The average Bonchev–Trinajstić information content (AvgIpc) is 2.85. The standard InChI is InChI=1S/C18H14N2O5/c21-15(19-12-5-3-4-11(10-12)18(24)25)8-9-20-16(22)13-6-1-2-7-14(13)17(20)23/h1-7,10H,8-9H2,(H,19,21)(H,24,25). The van der Waals surface area contributed by atoms with Gasteiger partial charge < -0.3 is 10.4 Å². The fourth-order valence-corrected chi connectivity index (χ4v) is 2.61. The molecule has 0 fully saturated rings. The van der Waals surface area contributed by atoms with Gasteiger partial charge in [0.1, 0.15) is 0 Å². The van der Waals surface area contributed by atoms with Crippen LogP contribution in [-0.2, 0) is 4.79 Å². The molecule has 25 heavy (non-hydrogen) atoms. The van der Waals surface area contributed by atoms with E-state index in [0.29, 0.717) is 16.8 Å². The summed E-state index contributed by atoms with van der Waals surface area (Å²) in [6.45, 7) is -0.0448. The van der Waals surface area contributed by atoms with Crippen molar-refractivity contribution < 1.29 is 24.3 Å². The number of hydrogen-bond acceptors (Lipinski definition) is 4. The number of carboxylic acids is 1. The number of rotatable bonds is 5. The quantitative estimate of drug-likeness (QED) is 0.812. The Bertz CT molecular complexity index is 856. The lowest BCUT2D eigenvalue weighted by atomic mass is 10.1. The van der Waals surface area contributed by atoms with Crippen LogP contribution in [0.25, 0.3) is 0 Å². The number of aromatic carboxylic acids is 1. The number of imide groups is 1. The monoisotopic (exact) mass is 338 g/mol. The van der Waals surface area contributed by atoms with Crippen LogP contribution >= 0.6 is 0 Å². The van der Waals surface area contributed by atoms with Crippen LogP contribution in [0.5, 0.6) is 0 Å². The van der Waals surface area contributed by atoms with Gasteiger partial charge >= 0.3 is 5.97 Å². The predicted octanol–water partition coefficient (Wildman–Crippen LogP) is 2.01. The Labute approximate surface area is 142 Å². The Hall–Kier alpha value is -3.48. The summed E-state index contributed by atoms with van der Waals surface area (Å²) in [5, 5.41) is 11.5. The van der Waals surface area contributed by atoms with Gasteiger partial charge in [0.05, 0.1) is 16.7 Å². The summed E-state index contributed by atoms with van der Waals surface area (Å²) in [7, 11) is 0. The molecule has 2 N–H and O–H groups in total. The number of benzene rings is 2. The molecule has 3 rings (SSSR count). The molecule has 0 aromatic heterocycles. The highest BCUT2D eigenvalue weighted by Crippen LogP contribution is 2.22. The molecule has 1 aliphatic rings. The Kier molecular flexibility index (Phi) is 4.30. The van der Waals surface area contributed by atoms with E-state index in [1.807, 2.05) is 0 Å². The lowest BCUT2D eigenvalue weighted by Gasteiger charge is -2.13. The van der Waals surface area contributed by atoms with Gasteiger partial charge in [-0.25, -0.2) is 4.79 Å². The van der Waals surface area contributed by atoms with Gasteiger partial charge in [0.15, 0.2) is 0 Å². The smallest absolute Gasteiger partial charge is 0.335 e. The zero-order valence-corrected chi connectivity index (χ0v) is 13.1. The van der Waals surface area contributed by atoms with Crippen molar-refractivity contribution in [1.29, 1.82) is 0 Å². The van der Waals surface area contributed by atoms with E-state index in [4.69, 9.17) is 5.11 Å². The first-order valence-electron chi connectivity index (χ1n) is 7.56. The third kappa shape index (κ3) is 3.25. The highest BCUT2D eigenvalue weighted by atomic mass is 16.4. The second-order valence-electron chi connectivity index (χ2n) is 5.49. The van der Waals surface area contributed by atoms with E-state index in [-0.39, 0.29) is 18.5 Å². The van der Waals surface area contributed by atoms with Crippen LogP contribution in [0.3, 0.4) is 0 Å². The van der Waals surface area contributed by atoms with Crippen molar-refractivity contribution in [2.45, 2.75) is 6.42 Å². The summed E-state index contributed by atoms with van der Waals surface area (Å²) >= 11 is 0. The van der Waals surface area contributed by atoms with E-state index >= 15 is 0 Å². The van der Waals surface area contributed by atoms with Crippen LogP contribution in [0.15, 0.2) is 48.5 Å². The lowest BCUT2D eigenvalue weighted by molar-refractivity contribution is -0.116. The summed E-state index contributed by atoms with van der Waals surface area (Å²) in [5.41, 5.74) is 1.06. The van der Waals surface area contributed by atoms with E-state index in [1.54, 1.807) is 30.3 Å². The number of anilines is 1. The molecule has 0 atom stereocenters. The summed E-state index contributed by atoms with van der Waals surface area (Å²) in [6.07, 6.45) is -0.0806. The second kappa shape index (κ2) is 6.56. The minimum absolute atomic E-state index is 0.0448. The van der Waals surface area contributed by atoms with Crippen molar-refractivity contribution in [3.63, 3.8) is 0 Å². The van der Waals surface area contributed by atoms with E-state index in [2.05, 4.69) is 5.32 Å². The van der Waals surface area contributed by atoms with Gasteiger partial charge in [-0.15, -0.1) is 0 Å². The molecule has 0 saturated heterocycles. The first kappa shape index (κ1) is 16.4. The SMILES string of the molecule is O=C(CCN1C(=O)c2ccccc2C1=O)Nc1cccc(C(=O)O)c1. The minimum Gasteiger partial charge on any atom is -0.478 e. The molecular weight excluding hydrogens is 324 g/mol. The number of carbonyl (C=O) groups excluding carboxylic acids is 3. The molecule has 0 unspecified atom stereocenters. The number of carbonyl (C=O) groups is 4. The van der Waals surface area contributed by atoms with Crippen LogP contribution < -0.4 is 5.32 Å². The normalized spacial score (nSPS) is 12.9. The van der Waals surface area contributed by atoms with Gasteiger partial charge in [-0.1, -0.05) is 18.2 Å². The van der Waals surface area contributed by atoms with Gasteiger partial charge in [0, 0.05) is 18.7 Å². The van der Waals surface area contributed by atoms with Gasteiger partial charge in [-0.2, -0.15) is 0 Å². The van der Waals surface area contributed by atoms with Crippen LogP contribution in [0.4, 0.5) is 5.69 Å². The van der Waals surface area contributed by atoms with Crippen molar-refractivity contribution in [3.05, 3.63) is 65.2 Å². The maximum absolute atomic E-state index is 12.2. The number of amides is 3. The average molecular weight is 338 g/mol. The molecule has 2 aromatic carbocycles. The second-order valence-corrected chi connectivity index (χ2v) is 5.49. The number of nitrogens with one attached hydrogen (secondary N) is 1. The molecule has 7 nitrogen and oxygen atoms in total. The zero-order chi connectivity index (χ0) is 18.0. The fourth-order valence-electron chi connectivity index (χ4n) is 2.61. The zero-order valence-electron chi connectivity index (χ0n) is 13.1. The van der Waals surface area contributed by atoms with E-state index in [1.165, 1.54) is 18.2 Å². The summed E-state index contributed by atoms with van der Waals surface area (Å²) in [6, 6.07) is 12.3. The maximum atomic E-state index is 12.2. The summed E-state index contributed by atoms with van der Waals surface area (Å²) in [5.74, 6) is -2.34. The molecule has 1 aliphatic heterocycles. The van der Waals surface area contributed by atoms with Gasteiger partial charge in [-0.05, 0) is 30.3 Å². The summed E-state index contributed by atoms with van der Waals surface area (Å²) < 4.78 is 0. The van der Waals surface area contributed by atoms with Crippen LogP contribution in [-0.4, -0.2) is 40.2 Å². The van der Waals surface area contributed by atoms with Crippen molar-refractivity contribution >= 4 is 29.4 Å². The Morgan fingerprint density at radius 1 is 0.960 bits per heavy atom. The molecule has 0 radical (unpaired) electrons. The molecule has 126 valence electrons. The molecule has 3 amide bonds. The van der Waals surface area contributed by atoms with Crippen LogP contribution in [0, 0.1) is 0 Å². The highest BCUT2D eigenvalue weighted by molar-refractivity contribution is 6.21. The minimum atomic E-state index is -1.10. The molecule has 0 saturated carbocycles. The third-order valence-corrected chi connectivity index (χ3v) is 3.83. The van der Waals surface area contributed by atoms with Crippen molar-refractivity contribution in [2.24, 2.45) is 0 Å². The molecule has 2 aromatic rings. The number of hydrogen-bond donors (Lipinski definition) is 2. The van der Waals surface area contributed by atoms with Crippen molar-refractivity contribution in [1.82, 2.24) is 4.90 Å².